The molecule has 0 aromatic heterocycles. The molecule has 21 heavy (non-hydrogen) atoms. The van der Waals surface area contributed by atoms with E-state index in [0.717, 1.165) is 18.1 Å². The zero-order valence-corrected chi connectivity index (χ0v) is 15.3. The standard InChI is InChI=1S/C19H38N2/c1-7-11-20-15-12-16-9-8-10-17(13-15)21(16)19(5,6)14-18(2,3)4/h15-17,20H,7-14H2,1-6H3. The van der Waals surface area contributed by atoms with Crippen molar-refractivity contribution in [3.8, 4) is 0 Å². The van der Waals surface area contributed by atoms with Gasteiger partial charge in [0.15, 0.2) is 0 Å². The summed E-state index contributed by atoms with van der Waals surface area (Å²) in [6.45, 7) is 15.6. The molecular formula is C19H38N2. The topological polar surface area (TPSA) is 15.3 Å². The molecule has 0 saturated carbocycles. The fourth-order valence-corrected chi connectivity index (χ4v) is 5.27. The summed E-state index contributed by atoms with van der Waals surface area (Å²) in [5, 5.41) is 3.79. The van der Waals surface area contributed by atoms with E-state index in [0.29, 0.717) is 11.0 Å². The molecule has 2 aliphatic rings. The Bertz CT molecular complexity index is 315. The highest BCUT2D eigenvalue weighted by molar-refractivity contribution is 5.01. The summed E-state index contributed by atoms with van der Waals surface area (Å²) in [5.74, 6) is 0. The summed E-state index contributed by atoms with van der Waals surface area (Å²) >= 11 is 0. The van der Waals surface area contributed by atoms with Crippen molar-refractivity contribution >= 4 is 0 Å². The Labute approximate surface area is 133 Å². The van der Waals surface area contributed by atoms with Crippen molar-refractivity contribution < 1.29 is 0 Å². The fraction of sp³-hybridized carbons (Fsp3) is 1.00. The van der Waals surface area contributed by atoms with E-state index in [9.17, 15) is 0 Å². The maximum absolute atomic E-state index is 3.79. The third-order valence-corrected chi connectivity index (χ3v) is 5.32. The SMILES string of the molecule is CCCNC1CC2CCCC(C1)N2C(C)(C)CC(C)(C)C. The lowest BCUT2D eigenvalue weighted by Crippen LogP contribution is -2.63. The zero-order chi connectivity index (χ0) is 15.7. The molecular weight excluding hydrogens is 256 g/mol. The van der Waals surface area contributed by atoms with Gasteiger partial charge in [0.2, 0.25) is 0 Å². The molecule has 2 fully saturated rings. The molecule has 0 amide bonds. The van der Waals surface area contributed by atoms with Crippen LogP contribution in [-0.4, -0.2) is 35.1 Å². The van der Waals surface area contributed by atoms with E-state index >= 15 is 0 Å². The molecule has 2 bridgehead atoms. The summed E-state index contributed by atoms with van der Waals surface area (Å²) in [5.41, 5.74) is 0.749. The molecule has 2 atom stereocenters. The van der Waals surface area contributed by atoms with E-state index in [1.165, 1.54) is 51.5 Å². The second-order valence-electron chi connectivity index (χ2n) is 9.32. The van der Waals surface area contributed by atoms with Crippen LogP contribution in [0.15, 0.2) is 0 Å². The summed E-state index contributed by atoms with van der Waals surface area (Å²) in [7, 11) is 0. The van der Waals surface area contributed by atoms with Gasteiger partial charge in [-0.05, 0) is 64.3 Å². The number of nitrogens with zero attached hydrogens (tertiary/aromatic N) is 1. The van der Waals surface area contributed by atoms with Gasteiger partial charge in [-0.1, -0.05) is 34.1 Å². The van der Waals surface area contributed by atoms with Gasteiger partial charge in [0.25, 0.3) is 0 Å². The molecule has 2 aliphatic heterocycles. The van der Waals surface area contributed by atoms with Crippen LogP contribution in [0.25, 0.3) is 0 Å². The molecule has 2 nitrogen and oxygen atoms in total. The van der Waals surface area contributed by atoms with Crippen LogP contribution in [0.4, 0.5) is 0 Å². The van der Waals surface area contributed by atoms with Crippen molar-refractivity contribution in [2.45, 2.75) is 110 Å². The highest BCUT2D eigenvalue weighted by Gasteiger charge is 2.45. The third kappa shape index (κ3) is 4.45. The Morgan fingerprint density at radius 1 is 1.00 bits per heavy atom. The maximum Gasteiger partial charge on any atom is 0.0164 e. The Morgan fingerprint density at radius 2 is 1.57 bits per heavy atom. The van der Waals surface area contributed by atoms with Crippen molar-refractivity contribution in [1.29, 1.82) is 0 Å². The van der Waals surface area contributed by atoms with Crippen LogP contribution in [0.5, 0.6) is 0 Å². The van der Waals surface area contributed by atoms with Crippen molar-refractivity contribution in [3.05, 3.63) is 0 Å². The van der Waals surface area contributed by atoms with Crippen LogP contribution in [0.1, 0.15) is 86.5 Å². The molecule has 124 valence electrons. The zero-order valence-electron chi connectivity index (χ0n) is 15.3. The first-order chi connectivity index (χ1) is 9.73. The van der Waals surface area contributed by atoms with Crippen LogP contribution in [-0.2, 0) is 0 Å². The molecule has 2 saturated heterocycles. The Morgan fingerprint density at radius 3 is 2.05 bits per heavy atom. The number of nitrogens with one attached hydrogen (secondary N) is 1. The predicted molar refractivity (Wildman–Crippen MR) is 92.7 cm³/mol. The molecule has 2 rings (SSSR count). The molecule has 2 unspecified atom stereocenters. The van der Waals surface area contributed by atoms with E-state index in [-0.39, 0.29) is 0 Å². The largest absolute Gasteiger partial charge is 0.314 e. The molecule has 2 heteroatoms. The normalized spacial score (nSPS) is 31.4. The average Bonchev–Trinajstić information content (AvgIpc) is 2.32. The lowest BCUT2D eigenvalue weighted by molar-refractivity contribution is -0.0623. The van der Waals surface area contributed by atoms with E-state index in [1.807, 2.05) is 0 Å². The highest BCUT2D eigenvalue weighted by Crippen LogP contribution is 2.42. The number of piperidine rings is 2. The van der Waals surface area contributed by atoms with Crippen molar-refractivity contribution in [1.82, 2.24) is 10.2 Å². The minimum Gasteiger partial charge on any atom is -0.314 e. The summed E-state index contributed by atoms with van der Waals surface area (Å²) in [6, 6.07) is 2.38. The monoisotopic (exact) mass is 294 g/mol. The minimum absolute atomic E-state index is 0.337. The quantitative estimate of drug-likeness (QED) is 0.798. The van der Waals surface area contributed by atoms with Gasteiger partial charge in [-0.2, -0.15) is 0 Å². The first-order valence-corrected chi connectivity index (χ1v) is 9.25. The Hall–Kier alpha value is -0.0800. The van der Waals surface area contributed by atoms with E-state index in [1.54, 1.807) is 0 Å². The maximum atomic E-state index is 3.79. The number of fused-ring (bicyclic) bond motifs is 2. The Kier molecular flexibility index (Phi) is 5.41. The van der Waals surface area contributed by atoms with E-state index in [4.69, 9.17) is 0 Å². The lowest BCUT2D eigenvalue weighted by Gasteiger charge is -2.57. The van der Waals surface area contributed by atoms with Gasteiger partial charge in [0, 0.05) is 23.7 Å². The van der Waals surface area contributed by atoms with Crippen LogP contribution >= 0.6 is 0 Å². The van der Waals surface area contributed by atoms with Crippen LogP contribution in [0.2, 0.25) is 0 Å². The van der Waals surface area contributed by atoms with E-state index < -0.39 is 0 Å². The number of hydrogen-bond donors (Lipinski definition) is 1. The van der Waals surface area contributed by atoms with Crippen molar-refractivity contribution in [2.75, 3.05) is 6.54 Å². The first-order valence-electron chi connectivity index (χ1n) is 9.25. The van der Waals surface area contributed by atoms with Crippen LogP contribution in [0, 0.1) is 5.41 Å². The van der Waals surface area contributed by atoms with Gasteiger partial charge >= 0.3 is 0 Å². The molecule has 0 radical (unpaired) electrons. The average molecular weight is 295 g/mol. The van der Waals surface area contributed by atoms with Gasteiger partial charge in [-0.15, -0.1) is 0 Å². The summed E-state index contributed by atoms with van der Waals surface area (Å²) in [4.78, 5) is 2.92. The van der Waals surface area contributed by atoms with Gasteiger partial charge in [-0.25, -0.2) is 0 Å². The predicted octanol–water partition coefficient (Wildman–Crippen LogP) is 4.59. The third-order valence-electron chi connectivity index (χ3n) is 5.32. The van der Waals surface area contributed by atoms with E-state index in [2.05, 4.69) is 51.8 Å². The highest BCUT2D eigenvalue weighted by atomic mass is 15.3. The number of hydrogen-bond acceptors (Lipinski definition) is 2. The molecule has 0 aromatic carbocycles. The molecule has 0 aliphatic carbocycles. The fourth-order valence-electron chi connectivity index (χ4n) is 5.27. The Balaban J connectivity index is 2.07. The van der Waals surface area contributed by atoms with Crippen LogP contribution in [0.3, 0.4) is 0 Å². The second-order valence-corrected chi connectivity index (χ2v) is 9.32. The van der Waals surface area contributed by atoms with Gasteiger partial charge in [0.1, 0.15) is 0 Å². The van der Waals surface area contributed by atoms with Crippen molar-refractivity contribution in [3.63, 3.8) is 0 Å². The minimum atomic E-state index is 0.337. The van der Waals surface area contributed by atoms with Gasteiger partial charge < -0.3 is 5.32 Å². The van der Waals surface area contributed by atoms with Gasteiger partial charge in [0.05, 0.1) is 0 Å². The molecule has 0 spiro atoms. The summed E-state index contributed by atoms with van der Waals surface area (Å²) in [6.07, 6.45) is 9.54. The van der Waals surface area contributed by atoms with Crippen molar-refractivity contribution in [2.24, 2.45) is 5.41 Å². The lowest BCUT2D eigenvalue weighted by atomic mass is 9.74. The molecule has 0 aromatic rings. The molecule has 1 N–H and O–H groups in total. The molecule has 2 heterocycles. The number of rotatable bonds is 5. The van der Waals surface area contributed by atoms with Crippen LogP contribution < -0.4 is 5.32 Å². The first kappa shape index (κ1) is 17.3. The second kappa shape index (κ2) is 6.58. The summed E-state index contributed by atoms with van der Waals surface area (Å²) < 4.78 is 0. The van der Waals surface area contributed by atoms with Gasteiger partial charge in [-0.3, -0.25) is 4.90 Å². The smallest absolute Gasteiger partial charge is 0.0164 e.